The van der Waals surface area contributed by atoms with E-state index in [0.717, 1.165) is 0 Å². The summed E-state index contributed by atoms with van der Waals surface area (Å²) in [5, 5.41) is 9.05. The highest BCUT2D eigenvalue weighted by Gasteiger charge is 2.27. The minimum absolute atomic E-state index is 0.206. The minimum Gasteiger partial charge on any atom is -0.500 e. The third-order valence-electron chi connectivity index (χ3n) is 1.47. The molecule has 0 saturated heterocycles. The Kier molecular flexibility index (Phi) is 1.09. The van der Waals surface area contributed by atoms with Gasteiger partial charge in [0.1, 0.15) is 12.3 Å². The number of hydrogen-bond donors (Lipinski definition) is 1. The second kappa shape index (κ2) is 1.95. The van der Waals surface area contributed by atoms with E-state index in [2.05, 4.69) is 4.99 Å². The summed E-state index contributed by atoms with van der Waals surface area (Å²) >= 11 is 0. The molecule has 0 aromatic heterocycles. The number of aliphatic hydroxyl groups is 1. The zero-order valence-corrected chi connectivity index (χ0v) is 5.57. The number of aliphatic hydroxyl groups excluding tert-OH is 1. The smallest absolute Gasteiger partial charge is 0.316 e. The van der Waals surface area contributed by atoms with Crippen molar-refractivity contribution in [2.75, 3.05) is 6.61 Å². The molecule has 0 saturated carbocycles. The van der Waals surface area contributed by atoms with Crippen molar-refractivity contribution in [1.29, 1.82) is 0 Å². The van der Waals surface area contributed by atoms with Gasteiger partial charge in [0.25, 0.3) is 0 Å². The monoisotopic (exact) mass is 151 g/mol. The SMILES string of the molecule is O=C1N=C2C=CCOC2=C1O. The van der Waals surface area contributed by atoms with Gasteiger partial charge in [-0.2, -0.15) is 0 Å². The lowest BCUT2D eigenvalue weighted by atomic mass is 10.2. The molecule has 0 aromatic carbocycles. The van der Waals surface area contributed by atoms with Crippen LogP contribution in [0, 0.1) is 0 Å². The Labute approximate surface area is 62.5 Å². The molecule has 0 atom stereocenters. The zero-order valence-electron chi connectivity index (χ0n) is 5.57. The van der Waals surface area contributed by atoms with Crippen LogP contribution in [-0.2, 0) is 9.53 Å². The number of carbonyl (C=O) groups is 1. The first-order valence-corrected chi connectivity index (χ1v) is 3.15. The van der Waals surface area contributed by atoms with Crippen LogP contribution in [0.15, 0.2) is 28.7 Å². The predicted molar refractivity (Wildman–Crippen MR) is 37.2 cm³/mol. The van der Waals surface area contributed by atoms with E-state index in [-0.39, 0.29) is 11.5 Å². The van der Waals surface area contributed by atoms with Crippen LogP contribution in [0.1, 0.15) is 0 Å². The number of hydrogen-bond acceptors (Lipinski definition) is 3. The highest BCUT2D eigenvalue weighted by Crippen LogP contribution is 2.19. The molecule has 2 aliphatic rings. The molecule has 2 rings (SSSR count). The van der Waals surface area contributed by atoms with Crippen LogP contribution in [0.3, 0.4) is 0 Å². The van der Waals surface area contributed by atoms with Crippen LogP contribution in [0.25, 0.3) is 0 Å². The molecule has 1 N–H and O–H groups in total. The van der Waals surface area contributed by atoms with Crippen molar-refractivity contribution in [3.63, 3.8) is 0 Å². The molecule has 0 radical (unpaired) electrons. The Morgan fingerprint density at radius 2 is 2.45 bits per heavy atom. The lowest BCUT2D eigenvalue weighted by Crippen LogP contribution is -2.08. The molecule has 0 aliphatic carbocycles. The van der Waals surface area contributed by atoms with Crippen molar-refractivity contribution >= 4 is 11.6 Å². The predicted octanol–water partition coefficient (Wildman–Crippen LogP) is 0.324. The number of nitrogens with zero attached hydrogens (tertiary/aromatic N) is 1. The van der Waals surface area contributed by atoms with Gasteiger partial charge < -0.3 is 9.84 Å². The number of aliphatic imine (C=N–C) groups is 1. The van der Waals surface area contributed by atoms with E-state index in [9.17, 15) is 4.79 Å². The lowest BCUT2D eigenvalue weighted by molar-refractivity contribution is -0.116. The summed E-state index contributed by atoms with van der Waals surface area (Å²) in [6.45, 7) is 0.381. The maximum absolute atomic E-state index is 10.7. The number of fused-ring (bicyclic) bond motifs is 1. The fourth-order valence-corrected chi connectivity index (χ4v) is 0.978. The molecule has 4 heteroatoms. The molecular formula is C7H5NO3. The normalized spacial score (nSPS) is 21.5. The van der Waals surface area contributed by atoms with Crippen LogP contribution in [0.5, 0.6) is 0 Å². The summed E-state index contributed by atoms with van der Waals surface area (Å²) in [7, 11) is 0. The summed E-state index contributed by atoms with van der Waals surface area (Å²) in [6, 6.07) is 0. The third kappa shape index (κ3) is 0.756. The molecule has 1 amide bonds. The van der Waals surface area contributed by atoms with Gasteiger partial charge in [-0.1, -0.05) is 0 Å². The van der Waals surface area contributed by atoms with Gasteiger partial charge in [-0.05, 0) is 12.2 Å². The molecule has 0 unspecified atom stereocenters. The Morgan fingerprint density at radius 3 is 3.18 bits per heavy atom. The Hall–Kier alpha value is -1.58. The number of ether oxygens (including phenoxy) is 1. The van der Waals surface area contributed by atoms with Gasteiger partial charge >= 0.3 is 5.91 Å². The van der Waals surface area contributed by atoms with E-state index in [1.807, 2.05) is 0 Å². The molecule has 0 spiro atoms. The molecule has 56 valence electrons. The van der Waals surface area contributed by atoms with Crippen molar-refractivity contribution < 1.29 is 14.6 Å². The first-order valence-electron chi connectivity index (χ1n) is 3.15. The standard InChI is InChI=1S/C7H5NO3/c9-5-6-4(8-7(5)10)2-1-3-11-6/h1-2H,3H2,(H,8,9,10). The molecule has 2 aliphatic heterocycles. The van der Waals surface area contributed by atoms with Crippen molar-refractivity contribution in [3.05, 3.63) is 23.7 Å². The fourth-order valence-electron chi connectivity index (χ4n) is 0.978. The Morgan fingerprint density at radius 1 is 1.64 bits per heavy atom. The third-order valence-corrected chi connectivity index (χ3v) is 1.47. The highest BCUT2D eigenvalue weighted by molar-refractivity contribution is 6.21. The Balaban J connectivity index is 2.52. The molecule has 0 aromatic rings. The van der Waals surface area contributed by atoms with Gasteiger partial charge in [0.05, 0.1) is 0 Å². The van der Waals surface area contributed by atoms with Gasteiger partial charge in [-0.15, -0.1) is 0 Å². The van der Waals surface area contributed by atoms with Crippen molar-refractivity contribution in [2.24, 2.45) is 4.99 Å². The van der Waals surface area contributed by atoms with Gasteiger partial charge in [0, 0.05) is 0 Å². The Bertz CT molecular complexity index is 312. The first kappa shape index (κ1) is 6.15. The highest BCUT2D eigenvalue weighted by atomic mass is 16.5. The largest absolute Gasteiger partial charge is 0.500 e. The maximum Gasteiger partial charge on any atom is 0.316 e. The van der Waals surface area contributed by atoms with E-state index >= 15 is 0 Å². The average molecular weight is 151 g/mol. The summed E-state index contributed by atoms with van der Waals surface area (Å²) in [5.41, 5.74) is 0.416. The first-order chi connectivity index (χ1) is 5.29. The van der Waals surface area contributed by atoms with Crippen LogP contribution >= 0.6 is 0 Å². The molecule has 0 fully saturated rings. The van der Waals surface area contributed by atoms with E-state index in [1.165, 1.54) is 0 Å². The van der Waals surface area contributed by atoms with Crippen LogP contribution in [-0.4, -0.2) is 23.3 Å². The molecule has 0 bridgehead atoms. The summed E-state index contributed by atoms with van der Waals surface area (Å²) in [6.07, 6.45) is 3.38. The molecule has 11 heavy (non-hydrogen) atoms. The number of rotatable bonds is 0. The van der Waals surface area contributed by atoms with Crippen LogP contribution < -0.4 is 0 Å². The topological polar surface area (TPSA) is 58.9 Å². The zero-order chi connectivity index (χ0) is 7.84. The quantitative estimate of drug-likeness (QED) is 0.542. The number of carbonyl (C=O) groups excluding carboxylic acids is 1. The molecular weight excluding hydrogens is 146 g/mol. The van der Waals surface area contributed by atoms with Gasteiger partial charge in [0.2, 0.25) is 5.76 Å². The number of amides is 1. The van der Waals surface area contributed by atoms with Crippen molar-refractivity contribution in [3.8, 4) is 0 Å². The van der Waals surface area contributed by atoms with E-state index in [4.69, 9.17) is 9.84 Å². The lowest BCUT2D eigenvalue weighted by Gasteiger charge is -2.08. The van der Waals surface area contributed by atoms with Crippen LogP contribution in [0.4, 0.5) is 0 Å². The summed E-state index contributed by atoms with van der Waals surface area (Å²) in [5.74, 6) is -0.802. The van der Waals surface area contributed by atoms with Crippen molar-refractivity contribution in [2.45, 2.75) is 0 Å². The fraction of sp³-hybridized carbons (Fsp3) is 0.143. The molecule has 4 nitrogen and oxygen atoms in total. The van der Waals surface area contributed by atoms with E-state index in [0.29, 0.717) is 12.3 Å². The van der Waals surface area contributed by atoms with E-state index in [1.54, 1.807) is 12.2 Å². The second-order valence-corrected chi connectivity index (χ2v) is 2.19. The van der Waals surface area contributed by atoms with Gasteiger partial charge in [0.15, 0.2) is 5.76 Å². The summed E-state index contributed by atoms with van der Waals surface area (Å²) < 4.78 is 4.98. The van der Waals surface area contributed by atoms with E-state index < -0.39 is 5.91 Å². The van der Waals surface area contributed by atoms with Crippen LogP contribution in [0.2, 0.25) is 0 Å². The summed E-state index contributed by atoms with van der Waals surface area (Å²) in [4.78, 5) is 14.3. The minimum atomic E-state index is -0.624. The number of allylic oxidation sites excluding steroid dienone is 1. The van der Waals surface area contributed by atoms with Gasteiger partial charge in [-0.25, -0.2) is 4.99 Å². The average Bonchev–Trinajstić information content (AvgIpc) is 2.30. The van der Waals surface area contributed by atoms with Gasteiger partial charge in [-0.3, -0.25) is 4.79 Å². The second-order valence-electron chi connectivity index (χ2n) is 2.19. The van der Waals surface area contributed by atoms with Crippen molar-refractivity contribution in [1.82, 2.24) is 0 Å². The molecule has 2 heterocycles. The maximum atomic E-state index is 10.7.